The van der Waals surface area contributed by atoms with Crippen LogP contribution in [0.1, 0.15) is 37.7 Å². The van der Waals surface area contributed by atoms with E-state index in [-0.39, 0.29) is 12.0 Å². The molecule has 0 saturated heterocycles. The SMILES string of the molecule is CN1Cc2cc(N3C(N)=NC(N)=NC34CCCCC4)ccc2N(C)C1=O. The summed E-state index contributed by atoms with van der Waals surface area (Å²) in [5.41, 5.74) is 14.7. The van der Waals surface area contributed by atoms with E-state index in [2.05, 4.69) is 11.1 Å². The van der Waals surface area contributed by atoms with Crippen LogP contribution in [-0.2, 0) is 6.54 Å². The highest BCUT2D eigenvalue weighted by Crippen LogP contribution is 2.41. The van der Waals surface area contributed by atoms with Gasteiger partial charge in [0.15, 0.2) is 0 Å². The van der Waals surface area contributed by atoms with Gasteiger partial charge in [0.05, 0.1) is 5.69 Å². The summed E-state index contributed by atoms with van der Waals surface area (Å²) >= 11 is 0. The molecule has 2 aliphatic heterocycles. The largest absolute Gasteiger partial charge is 0.369 e. The number of fused-ring (bicyclic) bond motifs is 1. The zero-order valence-electron chi connectivity index (χ0n) is 15.3. The second-order valence-electron chi connectivity index (χ2n) is 7.33. The second-order valence-corrected chi connectivity index (χ2v) is 7.33. The molecule has 0 bridgehead atoms. The van der Waals surface area contributed by atoms with Crippen LogP contribution in [0.15, 0.2) is 28.2 Å². The van der Waals surface area contributed by atoms with Crippen molar-refractivity contribution in [1.82, 2.24) is 4.90 Å². The third kappa shape index (κ3) is 2.48. The van der Waals surface area contributed by atoms with Crippen molar-refractivity contribution in [1.29, 1.82) is 0 Å². The van der Waals surface area contributed by atoms with Gasteiger partial charge in [0, 0.05) is 26.3 Å². The van der Waals surface area contributed by atoms with Crippen LogP contribution in [0.5, 0.6) is 0 Å². The summed E-state index contributed by atoms with van der Waals surface area (Å²) in [5, 5.41) is 0. The fourth-order valence-electron chi connectivity index (χ4n) is 4.34. The number of benzene rings is 1. The summed E-state index contributed by atoms with van der Waals surface area (Å²) < 4.78 is 0. The number of guanidine groups is 2. The van der Waals surface area contributed by atoms with Gasteiger partial charge in [-0.05, 0) is 49.4 Å². The summed E-state index contributed by atoms with van der Waals surface area (Å²) in [5.74, 6) is 0.636. The molecule has 0 aromatic heterocycles. The maximum atomic E-state index is 12.2. The minimum Gasteiger partial charge on any atom is -0.369 e. The first-order valence-corrected chi connectivity index (χ1v) is 9.03. The molecule has 1 spiro atoms. The van der Waals surface area contributed by atoms with Crippen molar-refractivity contribution in [3.63, 3.8) is 0 Å². The van der Waals surface area contributed by atoms with Crippen molar-refractivity contribution in [2.75, 3.05) is 23.9 Å². The maximum Gasteiger partial charge on any atom is 0.324 e. The standard InChI is InChI=1S/C18H25N7O/c1-23-11-12-10-13(6-7-14(12)24(2)17(23)26)25-16(20)21-15(19)22-18(25)8-4-3-5-9-18/h6-7,10H,3-5,8-9,11H2,1-2H3,(H4,19,20,21,22). The Balaban J connectivity index is 1.78. The van der Waals surface area contributed by atoms with Crippen LogP contribution in [0.3, 0.4) is 0 Å². The lowest BCUT2D eigenvalue weighted by molar-refractivity contribution is 0.212. The van der Waals surface area contributed by atoms with Gasteiger partial charge in [0.2, 0.25) is 11.9 Å². The number of carbonyl (C=O) groups excluding carboxylic acids is 1. The predicted molar refractivity (Wildman–Crippen MR) is 103 cm³/mol. The Labute approximate surface area is 153 Å². The lowest BCUT2D eigenvalue weighted by atomic mass is 9.87. The Morgan fingerprint density at radius 2 is 1.85 bits per heavy atom. The van der Waals surface area contributed by atoms with Crippen LogP contribution < -0.4 is 21.3 Å². The lowest BCUT2D eigenvalue weighted by Crippen LogP contribution is -2.58. The molecule has 2 amide bonds. The average molecular weight is 355 g/mol. The van der Waals surface area contributed by atoms with Gasteiger partial charge in [0.25, 0.3) is 0 Å². The number of aliphatic imine (C=N–C) groups is 2. The molecule has 8 nitrogen and oxygen atoms in total. The number of amides is 2. The van der Waals surface area contributed by atoms with Crippen molar-refractivity contribution in [2.45, 2.75) is 44.3 Å². The highest BCUT2D eigenvalue weighted by atomic mass is 16.2. The molecule has 1 aromatic rings. The quantitative estimate of drug-likeness (QED) is 0.801. The highest BCUT2D eigenvalue weighted by Gasteiger charge is 2.43. The number of nitrogens with two attached hydrogens (primary N) is 2. The van der Waals surface area contributed by atoms with Gasteiger partial charge < -0.3 is 16.4 Å². The third-order valence-electron chi connectivity index (χ3n) is 5.56. The monoisotopic (exact) mass is 355 g/mol. The van der Waals surface area contributed by atoms with Crippen LogP contribution in [0.2, 0.25) is 0 Å². The normalized spacial score (nSPS) is 22.2. The number of hydrogen-bond acceptors (Lipinski definition) is 6. The van der Waals surface area contributed by atoms with E-state index < -0.39 is 5.66 Å². The van der Waals surface area contributed by atoms with Gasteiger partial charge in [-0.3, -0.25) is 9.80 Å². The third-order valence-corrected chi connectivity index (χ3v) is 5.56. The molecule has 4 N–H and O–H groups in total. The Bertz CT molecular complexity index is 810. The highest BCUT2D eigenvalue weighted by molar-refractivity contribution is 6.06. The summed E-state index contributed by atoms with van der Waals surface area (Å²) in [6.07, 6.45) is 5.18. The van der Waals surface area contributed by atoms with E-state index in [0.29, 0.717) is 12.5 Å². The smallest absolute Gasteiger partial charge is 0.324 e. The van der Waals surface area contributed by atoms with E-state index in [9.17, 15) is 4.79 Å². The maximum absolute atomic E-state index is 12.2. The second kappa shape index (κ2) is 5.89. The molecule has 1 saturated carbocycles. The van der Waals surface area contributed by atoms with E-state index in [1.54, 1.807) is 23.9 Å². The number of nitrogens with zero attached hydrogens (tertiary/aromatic N) is 5. The average Bonchev–Trinajstić information content (AvgIpc) is 2.59. The molecule has 1 fully saturated rings. The number of anilines is 2. The number of carbonyl (C=O) groups is 1. The summed E-state index contributed by atoms with van der Waals surface area (Å²) in [4.78, 5) is 26.5. The number of urea groups is 1. The van der Waals surface area contributed by atoms with Crippen molar-refractivity contribution in [2.24, 2.45) is 21.5 Å². The van der Waals surface area contributed by atoms with Crippen molar-refractivity contribution < 1.29 is 4.79 Å². The molecule has 138 valence electrons. The van der Waals surface area contributed by atoms with E-state index >= 15 is 0 Å². The molecule has 8 heteroatoms. The molecule has 0 atom stereocenters. The first-order chi connectivity index (χ1) is 12.4. The first-order valence-electron chi connectivity index (χ1n) is 9.03. The Kier molecular flexibility index (Phi) is 3.78. The molecule has 0 radical (unpaired) electrons. The van der Waals surface area contributed by atoms with E-state index in [1.165, 1.54) is 6.42 Å². The van der Waals surface area contributed by atoms with Crippen LogP contribution in [0, 0.1) is 0 Å². The van der Waals surface area contributed by atoms with E-state index in [0.717, 1.165) is 42.6 Å². The molecular weight excluding hydrogens is 330 g/mol. The summed E-state index contributed by atoms with van der Waals surface area (Å²) in [6, 6.07) is 6.04. The molecule has 0 unspecified atom stereocenters. The minimum absolute atomic E-state index is 0.00887. The van der Waals surface area contributed by atoms with E-state index in [4.69, 9.17) is 16.5 Å². The van der Waals surface area contributed by atoms with Crippen LogP contribution in [0.25, 0.3) is 0 Å². The summed E-state index contributed by atoms with van der Waals surface area (Å²) in [7, 11) is 3.60. The van der Waals surface area contributed by atoms with Gasteiger partial charge in [-0.2, -0.15) is 4.99 Å². The zero-order chi connectivity index (χ0) is 18.5. The van der Waals surface area contributed by atoms with Crippen LogP contribution in [0.4, 0.5) is 16.2 Å². The van der Waals surface area contributed by atoms with Gasteiger partial charge >= 0.3 is 6.03 Å². The molecular formula is C18H25N7O. The Morgan fingerprint density at radius 3 is 2.58 bits per heavy atom. The van der Waals surface area contributed by atoms with Crippen LogP contribution >= 0.6 is 0 Å². The predicted octanol–water partition coefficient (Wildman–Crippen LogP) is 1.80. The number of hydrogen-bond donors (Lipinski definition) is 2. The van der Waals surface area contributed by atoms with Crippen LogP contribution in [-0.4, -0.2) is 42.6 Å². The Hall–Kier alpha value is -2.77. The molecule has 1 aromatic carbocycles. The lowest BCUT2D eigenvalue weighted by Gasteiger charge is -2.46. The molecule has 4 rings (SSSR count). The minimum atomic E-state index is -0.454. The summed E-state index contributed by atoms with van der Waals surface area (Å²) in [6.45, 7) is 0.565. The van der Waals surface area contributed by atoms with Crippen molar-refractivity contribution in [3.05, 3.63) is 23.8 Å². The van der Waals surface area contributed by atoms with Gasteiger partial charge in [-0.1, -0.05) is 6.42 Å². The van der Waals surface area contributed by atoms with Gasteiger partial charge in [-0.15, -0.1) is 0 Å². The van der Waals surface area contributed by atoms with Crippen molar-refractivity contribution in [3.8, 4) is 0 Å². The fraction of sp³-hybridized carbons (Fsp3) is 0.500. The fourth-order valence-corrected chi connectivity index (χ4v) is 4.34. The molecule has 26 heavy (non-hydrogen) atoms. The first kappa shape index (κ1) is 16.7. The van der Waals surface area contributed by atoms with Gasteiger partial charge in [-0.25, -0.2) is 9.79 Å². The Morgan fingerprint density at radius 1 is 1.12 bits per heavy atom. The zero-order valence-corrected chi connectivity index (χ0v) is 15.3. The van der Waals surface area contributed by atoms with Gasteiger partial charge in [0.1, 0.15) is 5.66 Å². The van der Waals surface area contributed by atoms with Crippen molar-refractivity contribution >= 4 is 29.3 Å². The molecule has 1 aliphatic carbocycles. The number of rotatable bonds is 1. The van der Waals surface area contributed by atoms with E-state index in [1.807, 2.05) is 17.0 Å². The topological polar surface area (TPSA) is 104 Å². The molecule has 3 aliphatic rings. The molecule has 2 heterocycles.